The Bertz CT molecular complexity index is 1270. The van der Waals surface area contributed by atoms with Crippen molar-refractivity contribution in [1.82, 2.24) is 10.1 Å². The number of nitrogens with one attached hydrogen (secondary N) is 1. The number of alkyl halides is 3. The molecule has 6 nitrogen and oxygen atoms in total. The Hall–Kier alpha value is -3.88. The average molecular weight is 512 g/mol. The zero-order valence-electron chi connectivity index (χ0n) is 20.6. The minimum atomic E-state index is -4.44. The third-order valence-electron chi connectivity index (χ3n) is 6.40. The summed E-state index contributed by atoms with van der Waals surface area (Å²) in [6, 6.07) is 14.0. The van der Waals surface area contributed by atoms with E-state index in [1.807, 2.05) is 26.0 Å². The maximum Gasteiger partial charge on any atom is 0.416 e. The molecule has 0 spiro atoms. The predicted molar refractivity (Wildman–Crippen MR) is 134 cm³/mol. The second-order valence-corrected chi connectivity index (χ2v) is 9.41. The van der Waals surface area contributed by atoms with Crippen molar-refractivity contribution in [2.45, 2.75) is 44.7 Å². The first kappa shape index (κ1) is 26.2. The van der Waals surface area contributed by atoms with Crippen LogP contribution in [-0.2, 0) is 11.0 Å². The highest BCUT2D eigenvalue weighted by Crippen LogP contribution is 2.31. The quantitative estimate of drug-likeness (QED) is 0.384. The van der Waals surface area contributed by atoms with Gasteiger partial charge in [0, 0.05) is 30.9 Å². The molecule has 1 saturated heterocycles. The first-order valence-corrected chi connectivity index (χ1v) is 12.1. The fourth-order valence-corrected chi connectivity index (χ4v) is 4.25. The molecule has 9 heteroatoms. The fraction of sp³-hybridized carbons (Fsp3) is 0.321. The first-order valence-electron chi connectivity index (χ1n) is 12.1. The van der Waals surface area contributed by atoms with Crippen molar-refractivity contribution < 1.29 is 27.3 Å². The monoisotopic (exact) mass is 511 g/mol. The van der Waals surface area contributed by atoms with Crippen LogP contribution in [0.1, 0.15) is 71.5 Å². The second kappa shape index (κ2) is 11.0. The summed E-state index contributed by atoms with van der Waals surface area (Å²) in [5.74, 6) is 0.161. The standard InChI is InChI=1S/C28H28F3N3O3/c1-18(2)24-17-25(37-33-24)27(36)34-14-12-21(13-15-34)20-7-9-23(10-8-20)32-26(35)11-6-19-4-3-5-22(16-19)28(29,30)31/h3-11,16-18,21H,12-15H2,1-2H3,(H,32,35)/b11-6+. The van der Waals surface area contributed by atoms with Crippen LogP contribution in [0.4, 0.5) is 18.9 Å². The molecule has 1 N–H and O–H groups in total. The van der Waals surface area contributed by atoms with E-state index in [9.17, 15) is 22.8 Å². The van der Waals surface area contributed by atoms with Crippen molar-refractivity contribution in [3.8, 4) is 0 Å². The number of nitrogens with zero attached hydrogens (tertiary/aromatic N) is 2. The second-order valence-electron chi connectivity index (χ2n) is 9.41. The van der Waals surface area contributed by atoms with Gasteiger partial charge in [0.25, 0.3) is 5.91 Å². The molecule has 0 bridgehead atoms. The van der Waals surface area contributed by atoms with Gasteiger partial charge in [-0.25, -0.2) is 0 Å². The molecule has 0 saturated carbocycles. The van der Waals surface area contributed by atoms with Crippen LogP contribution in [0.15, 0.2) is 65.2 Å². The van der Waals surface area contributed by atoms with Crippen LogP contribution < -0.4 is 5.32 Å². The van der Waals surface area contributed by atoms with Crippen LogP contribution in [0, 0.1) is 0 Å². The number of aromatic nitrogens is 1. The van der Waals surface area contributed by atoms with Crippen molar-refractivity contribution in [3.05, 3.63) is 88.8 Å². The first-order chi connectivity index (χ1) is 17.6. The molecule has 2 heterocycles. The van der Waals surface area contributed by atoms with Crippen LogP contribution in [0.2, 0.25) is 0 Å². The summed E-state index contributed by atoms with van der Waals surface area (Å²) < 4.78 is 43.8. The number of carbonyl (C=O) groups is 2. The lowest BCUT2D eigenvalue weighted by molar-refractivity contribution is -0.137. The topological polar surface area (TPSA) is 75.4 Å². The lowest BCUT2D eigenvalue weighted by Gasteiger charge is -2.31. The molecule has 2 amide bonds. The van der Waals surface area contributed by atoms with E-state index in [0.717, 1.165) is 36.2 Å². The summed E-state index contributed by atoms with van der Waals surface area (Å²) in [7, 11) is 0. The molecule has 194 valence electrons. The number of halogens is 3. The number of amides is 2. The molecular weight excluding hydrogens is 483 g/mol. The molecule has 1 aromatic heterocycles. The van der Waals surface area contributed by atoms with Gasteiger partial charge in [0.2, 0.25) is 11.7 Å². The maximum atomic E-state index is 12.8. The summed E-state index contributed by atoms with van der Waals surface area (Å²) >= 11 is 0. The number of anilines is 1. The van der Waals surface area contributed by atoms with E-state index in [0.29, 0.717) is 18.8 Å². The van der Waals surface area contributed by atoms with Gasteiger partial charge in [-0.1, -0.05) is 43.3 Å². The van der Waals surface area contributed by atoms with Gasteiger partial charge in [0.1, 0.15) is 0 Å². The summed E-state index contributed by atoms with van der Waals surface area (Å²) in [5, 5.41) is 6.68. The van der Waals surface area contributed by atoms with E-state index in [-0.39, 0.29) is 29.1 Å². The van der Waals surface area contributed by atoms with Crippen molar-refractivity contribution in [1.29, 1.82) is 0 Å². The van der Waals surface area contributed by atoms with E-state index in [1.165, 1.54) is 24.3 Å². The molecular formula is C28H28F3N3O3. The molecule has 0 atom stereocenters. The molecule has 37 heavy (non-hydrogen) atoms. The van der Waals surface area contributed by atoms with Gasteiger partial charge in [-0.3, -0.25) is 9.59 Å². The van der Waals surface area contributed by atoms with Gasteiger partial charge in [-0.05, 0) is 66.1 Å². The highest BCUT2D eigenvalue weighted by atomic mass is 19.4. The Labute approximate surface area is 213 Å². The van der Waals surface area contributed by atoms with Crippen LogP contribution in [-0.4, -0.2) is 35.0 Å². The van der Waals surface area contributed by atoms with Gasteiger partial charge in [0.15, 0.2) is 0 Å². The van der Waals surface area contributed by atoms with Crippen LogP contribution in [0.5, 0.6) is 0 Å². The Kier molecular flexibility index (Phi) is 7.80. The Balaban J connectivity index is 1.29. The predicted octanol–water partition coefficient (Wildman–Crippen LogP) is 6.49. The van der Waals surface area contributed by atoms with Gasteiger partial charge < -0.3 is 14.7 Å². The third-order valence-corrected chi connectivity index (χ3v) is 6.40. The summed E-state index contributed by atoms with van der Waals surface area (Å²) in [6.07, 6.45) is -0.273. The van der Waals surface area contributed by atoms with Gasteiger partial charge in [0.05, 0.1) is 11.3 Å². The minimum Gasteiger partial charge on any atom is -0.351 e. The van der Waals surface area contributed by atoms with E-state index < -0.39 is 17.6 Å². The van der Waals surface area contributed by atoms with Crippen LogP contribution in [0.3, 0.4) is 0 Å². The maximum absolute atomic E-state index is 12.8. The molecule has 0 radical (unpaired) electrons. The number of piperidine rings is 1. The number of benzene rings is 2. The number of hydrogen-bond acceptors (Lipinski definition) is 4. The van der Waals surface area contributed by atoms with Gasteiger partial charge >= 0.3 is 6.18 Å². The average Bonchev–Trinajstić information content (AvgIpc) is 3.38. The summed E-state index contributed by atoms with van der Waals surface area (Å²) in [4.78, 5) is 26.8. The number of hydrogen-bond donors (Lipinski definition) is 1. The fourth-order valence-electron chi connectivity index (χ4n) is 4.25. The number of rotatable bonds is 6. The molecule has 0 aliphatic carbocycles. The molecule has 1 aliphatic heterocycles. The van der Waals surface area contributed by atoms with Gasteiger partial charge in [-0.2, -0.15) is 13.2 Å². The molecule has 0 unspecified atom stereocenters. The highest BCUT2D eigenvalue weighted by molar-refractivity contribution is 6.01. The normalized spacial score (nSPS) is 14.9. The minimum absolute atomic E-state index is 0.144. The van der Waals surface area contributed by atoms with E-state index >= 15 is 0 Å². The molecule has 4 rings (SSSR count). The number of likely N-dealkylation sites (tertiary alicyclic amines) is 1. The molecule has 1 fully saturated rings. The van der Waals surface area contributed by atoms with Crippen LogP contribution in [0.25, 0.3) is 6.08 Å². The van der Waals surface area contributed by atoms with E-state index in [1.54, 1.807) is 23.1 Å². The van der Waals surface area contributed by atoms with Crippen LogP contribution >= 0.6 is 0 Å². The highest BCUT2D eigenvalue weighted by Gasteiger charge is 2.30. The summed E-state index contributed by atoms with van der Waals surface area (Å²) in [6.45, 7) is 5.21. The lowest BCUT2D eigenvalue weighted by Crippen LogP contribution is -2.37. The summed E-state index contributed by atoms with van der Waals surface area (Å²) in [5.41, 5.74) is 1.98. The van der Waals surface area contributed by atoms with E-state index in [4.69, 9.17) is 4.52 Å². The molecule has 3 aromatic rings. The Morgan fingerprint density at radius 1 is 1.08 bits per heavy atom. The van der Waals surface area contributed by atoms with Crippen molar-refractivity contribution in [3.63, 3.8) is 0 Å². The smallest absolute Gasteiger partial charge is 0.351 e. The zero-order valence-corrected chi connectivity index (χ0v) is 20.6. The SMILES string of the molecule is CC(C)c1cc(C(=O)N2CCC(c3ccc(NC(=O)/C=C/c4cccc(C(F)(F)F)c4)cc3)CC2)on1. The number of carbonyl (C=O) groups excluding carboxylic acids is 2. The van der Waals surface area contributed by atoms with Crippen molar-refractivity contribution >= 4 is 23.6 Å². The molecule has 1 aliphatic rings. The van der Waals surface area contributed by atoms with Gasteiger partial charge in [-0.15, -0.1) is 0 Å². The largest absolute Gasteiger partial charge is 0.416 e. The van der Waals surface area contributed by atoms with Crippen molar-refractivity contribution in [2.75, 3.05) is 18.4 Å². The molecule has 2 aromatic carbocycles. The Morgan fingerprint density at radius 2 is 1.78 bits per heavy atom. The lowest BCUT2D eigenvalue weighted by atomic mass is 9.89. The van der Waals surface area contributed by atoms with Crippen molar-refractivity contribution in [2.24, 2.45) is 0 Å². The third kappa shape index (κ3) is 6.67. The zero-order chi connectivity index (χ0) is 26.6. The Morgan fingerprint density at radius 3 is 2.41 bits per heavy atom. The van der Waals surface area contributed by atoms with E-state index in [2.05, 4.69) is 10.5 Å².